The van der Waals surface area contributed by atoms with E-state index in [-0.39, 0.29) is 18.1 Å². The fraction of sp³-hybridized carbons (Fsp3) is 0.500. The third-order valence-corrected chi connectivity index (χ3v) is 5.66. The highest BCUT2D eigenvalue weighted by molar-refractivity contribution is 5.59. The molecule has 4 rings (SSSR count). The molecule has 2 aromatic rings. The molecule has 0 radical (unpaired) electrons. The monoisotopic (exact) mass is 384 g/mol. The van der Waals surface area contributed by atoms with Crippen molar-refractivity contribution in [3.63, 3.8) is 0 Å². The first-order chi connectivity index (χ1) is 13.7. The van der Waals surface area contributed by atoms with Crippen LogP contribution in [0.2, 0.25) is 0 Å². The van der Waals surface area contributed by atoms with E-state index in [0.717, 1.165) is 38.2 Å². The van der Waals surface area contributed by atoms with Crippen molar-refractivity contribution in [2.24, 2.45) is 0 Å². The first-order valence-electron chi connectivity index (χ1n) is 10.1. The maximum atomic E-state index is 12.2. The van der Waals surface area contributed by atoms with E-state index in [2.05, 4.69) is 17.0 Å². The van der Waals surface area contributed by atoms with E-state index in [1.165, 1.54) is 18.4 Å². The van der Waals surface area contributed by atoms with Crippen molar-refractivity contribution in [1.29, 1.82) is 0 Å². The van der Waals surface area contributed by atoms with Crippen LogP contribution in [0.5, 0.6) is 0 Å². The average molecular weight is 384 g/mol. The molecule has 2 fully saturated rings. The predicted octanol–water partition coefficient (Wildman–Crippen LogP) is 2.49. The average Bonchev–Trinajstić information content (AvgIpc) is 2.75. The highest BCUT2D eigenvalue weighted by Crippen LogP contribution is 2.25. The molecule has 1 atom stereocenters. The molecular formula is C22H28N2O4. The molecule has 2 saturated heterocycles. The van der Waals surface area contributed by atoms with E-state index in [4.69, 9.17) is 9.15 Å². The number of ether oxygens (including phenoxy) is 1. The number of piperidine rings is 1. The van der Waals surface area contributed by atoms with Gasteiger partial charge in [0.1, 0.15) is 5.76 Å². The molecule has 1 unspecified atom stereocenters. The Labute approximate surface area is 165 Å². The quantitative estimate of drug-likeness (QED) is 0.854. The Morgan fingerprint density at radius 3 is 2.57 bits per heavy atom. The molecule has 0 spiro atoms. The summed E-state index contributed by atoms with van der Waals surface area (Å²) in [5, 5.41) is 9.60. The van der Waals surface area contributed by atoms with Gasteiger partial charge in [0, 0.05) is 43.4 Å². The van der Waals surface area contributed by atoms with E-state index < -0.39 is 0 Å². The molecule has 1 aromatic carbocycles. The molecule has 1 N–H and O–H groups in total. The number of nitrogens with zero attached hydrogens (tertiary/aromatic N) is 2. The van der Waals surface area contributed by atoms with Crippen molar-refractivity contribution in [1.82, 2.24) is 4.90 Å². The van der Waals surface area contributed by atoms with Crippen molar-refractivity contribution in [2.75, 3.05) is 44.4 Å². The van der Waals surface area contributed by atoms with Gasteiger partial charge in [0.25, 0.3) is 0 Å². The molecule has 0 bridgehead atoms. The summed E-state index contributed by atoms with van der Waals surface area (Å²) >= 11 is 0. The molecular weight excluding hydrogens is 356 g/mol. The van der Waals surface area contributed by atoms with Gasteiger partial charge in [-0.3, -0.25) is 9.69 Å². The lowest BCUT2D eigenvalue weighted by molar-refractivity contribution is 0.0841. The molecule has 28 heavy (non-hydrogen) atoms. The first-order valence-corrected chi connectivity index (χ1v) is 10.1. The topological polar surface area (TPSA) is 66.2 Å². The second-order valence-corrected chi connectivity index (χ2v) is 7.59. The Morgan fingerprint density at radius 2 is 1.82 bits per heavy atom. The number of aliphatic hydroxyl groups is 1. The van der Waals surface area contributed by atoms with Crippen molar-refractivity contribution >= 4 is 5.88 Å². The molecule has 0 amide bonds. The van der Waals surface area contributed by atoms with Gasteiger partial charge in [-0.05, 0) is 24.9 Å². The minimum Gasteiger partial charge on any atom is -0.440 e. The lowest BCUT2D eigenvalue weighted by atomic mass is 10.0. The van der Waals surface area contributed by atoms with Gasteiger partial charge in [0.15, 0.2) is 11.3 Å². The van der Waals surface area contributed by atoms with E-state index in [1.54, 1.807) is 12.1 Å². The van der Waals surface area contributed by atoms with Crippen LogP contribution in [0.15, 0.2) is 45.6 Å². The summed E-state index contributed by atoms with van der Waals surface area (Å²) in [6.07, 6.45) is 3.45. The fourth-order valence-electron chi connectivity index (χ4n) is 4.03. The van der Waals surface area contributed by atoms with Crippen LogP contribution in [-0.2, 0) is 11.3 Å². The van der Waals surface area contributed by atoms with Gasteiger partial charge in [-0.15, -0.1) is 0 Å². The Bertz CT molecular complexity index is 827. The van der Waals surface area contributed by atoms with Crippen LogP contribution in [0, 0.1) is 0 Å². The van der Waals surface area contributed by atoms with Crippen LogP contribution in [0.1, 0.15) is 24.8 Å². The third kappa shape index (κ3) is 4.46. The van der Waals surface area contributed by atoms with E-state index in [1.807, 2.05) is 17.0 Å². The Balaban J connectivity index is 1.50. The van der Waals surface area contributed by atoms with Gasteiger partial charge in [0.2, 0.25) is 0 Å². The molecule has 6 nitrogen and oxygen atoms in total. The lowest BCUT2D eigenvalue weighted by Crippen LogP contribution is -2.41. The highest BCUT2D eigenvalue weighted by atomic mass is 16.5. The lowest BCUT2D eigenvalue weighted by Gasteiger charge is -2.34. The SMILES string of the molecule is O=c1cc(-c2ccc(CN3CCCCC3CO)cc2)oc(N2CCOCC2)c1. The van der Waals surface area contributed by atoms with Gasteiger partial charge >= 0.3 is 0 Å². The van der Waals surface area contributed by atoms with Crippen molar-refractivity contribution < 1.29 is 14.3 Å². The molecule has 1 aromatic heterocycles. The first kappa shape index (κ1) is 19.2. The molecule has 2 aliphatic heterocycles. The van der Waals surface area contributed by atoms with Crippen molar-refractivity contribution in [3.8, 4) is 11.3 Å². The second kappa shape index (κ2) is 8.90. The fourth-order valence-corrected chi connectivity index (χ4v) is 4.03. The number of rotatable bonds is 5. The number of likely N-dealkylation sites (tertiary alicyclic amines) is 1. The summed E-state index contributed by atoms with van der Waals surface area (Å²) in [7, 11) is 0. The third-order valence-electron chi connectivity index (χ3n) is 5.66. The number of hydrogen-bond acceptors (Lipinski definition) is 6. The molecule has 0 saturated carbocycles. The zero-order valence-corrected chi connectivity index (χ0v) is 16.2. The summed E-state index contributed by atoms with van der Waals surface area (Å²) in [5.74, 6) is 1.20. The van der Waals surface area contributed by atoms with Gasteiger partial charge in [0.05, 0.1) is 19.8 Å². The van der Waals surface area contributed by atoms with Gasteiger partial charge in [-0.2, -0.15) is 0 Å². The van der Waals surface area contributed by atoms with E-state index in [9.17, 15) is 9.90 Å². The standard InChI is InChI=1S/C22H28N2O4/c25-16-19-3-1-2-8-24(19)15-17-4-6-18(7-5-17)21-13-20(26)14-22(28-21)23-9-11-27-12-10-23/h4-7,13-14,19,25H,1-3,8-12,15-16H2. The summed E-state index contributed by atoms with van der Waals surface area (Å²) in [5.41, 5.74) is 2.05. The van der Waals surface area contributed by atoms with Crippen molar-refractivity contribution in [3.05, 3.63) is 52.2 Å². The number of morpholine rings is 1. The van der Waals surface area contributed by atoms with Gasteiger partial charge in [-0.1, -0.05) is 30.7 Å². The van der Waals surface area contributed by atoms with Crippen LogP contribution in [0.3, 0.4) is 0 Å². The summed E-state index contributed by atoms with van der Waals surface area (Å²) < 4.78 is 11.4. The Hall–Kier alpha value is -2.15. The predicted molar refractivity (Wildman–Crippen MR) is 109 cm³/mol. The number of anilines is 1. The zero-order chi connectivity index (χ0) is 19.3. The normalized spacial score (nSPS) is 21.0. The van der Waals surface area contributed by atoms with Gasteiger partial charge in [-0.25, -0.2) is 0 Å². The maximum Gasteiger partial charge on any atom is 0.200 e. The van der Waals surface area contributed by atoms with Gasteiger partial charge < -0.3 is 19.2 Å². The van der Waals surface area contributed by atoms with Crippen LogP contribution in [0.4, 0.5) is 5.88 Å². The highest BCUT2D eigenvalue weighted by Gasteiger charge is 2.21. The maximum absolute atomic E-state index is 12.2. The molecule has 150 valence electrons. The molecule has 0 aliphatic carbocycles. The largest absolute Gasteiger partial charge is 0.440 e. The van der Waals surface area contributed by atoms with E-state index in [0.29, 0.717) is 24.9 Å². The number of hydrogen-bond donors (Lipinski definition) is 1. The number of benzene rings is 1. The van der Waals surface area contributed by atoms with Crippen LogP contribution >= 0.6 is 0 Å². The summed E-state index contributed by atoms with van der Waals surface area (Å²) in [6, 6.07) is 11.5. The Morgan fingerprint density at radius 1 is 1.04 bits per heavy atom. The van der Waals surface area contributed by atoms with Crippen LogP contribution in [0.25, 0.3) is 11.3 Å². The smallest absolute Gasteiger partial charge is 0.200 e. The second-order valence-electron chi connectivity index (χ2n) is 7.59. The molecule has 2 aliphatic rings. The summed E-state index contributed by atoms with van der Waals surface area (Å²) in [6.45, 7) is 4.84. The van der Waals surface area contributed by atoms with Crippen molar-refractivity contribution in [2.45, 2.75) is 31.8 Å². The van der Waals surface area contributed by atoms with Crippen LogP contribution in [-0.4, -0.2) is 55.5 Å². The molecule has 6 heteroatoms. The minimum absolute atomic E-state index is 0.0501. The Kier molecular flexibility index (Phi) is 6.10. The number of aliphatic hydroxyl groups excluding tert-OH is 1. The minimum atomic E-state index is -0.0501. The summed E-state index contributed by atoms with van der Waals surface area (Å²) in [4.78, 5) is 16.6. The van der Waals surface area contributed by atoms with Crippen LogP contribution < -0.4 is 10.3 Å². The molecule has 3 heterocycles. The zero-order valence-electron chi connectivity index (χ0n) is 16.2. The van der Waals surface area contributed by atoms with E-state index >= 15 is 0 Å².